The van der Waals surface area contributed by atoms with E-state index in [-0.39, 0.29) is 0 Å². The minimum absolute atomic E-state index is 0.613. The lowest BCUT2D eigenvalue weighted by Crippen LogP contribution is -1.99. The molecular formula is C12H15N. The van der Waals surface area contributed by atoms with E-state index in [1.807, 2.05) is 13.1 Å². The Bertz CT molecular complexity index is 297. The molecule has 0 fully saturated rings. The van der Waals surface area contributed by atoms with Crippen molar-refractivity contribution in [1.29, 1.82) is 0 Å². The third-order valence-electron chi connectivity index (χ3n) is 2.62. The van der Waals surface area contributed by atoms with Gasteiger partial charge >= 0.3 is 0 Å². The number of aromatic nitrogens is 1. The van der Waals surface area contributed by atoms with E-state index in [4.69, 9.17) is 0 Å². The highest BCUT2D eigenvalue weighted by Crippen LogP contribution is 2.26. The predicted molar refractivity (Wildman–Crippen MR) is 54.7 cm³/mol. The topological polar surface area (TPSA) is 12.9 Å². The maximum atomic E-state index is 4.32. The third kappa shape index (κ3) is 1.97. The van der Waals surface area contributed by atoms with E-state index in [1.54, 1.807) is 0 Å². The summed E-state index contributed by atoms with van der Waals surface area (Å²) in [6.07, 6.45) is 10.5. The molecule has 1 aromatic heterocycles. The van der Waals surface area contributed by atoms with Crippen molar-refractivity contribution >= 4 is 0 Å². The molecule has 1 aromatic rings. The largest absolute Gasteiger partial charge is 0.261 e. The summed E-state index contributed by atoms with van der Waals surface area (Å²) in [5.74, 6) is 0.613. The molecule has 0 aromatic carbocycles. The molecule has 0 aliphatic heterocycles. The Kier molecular flexibility index (Phi) is 2.44. The van der Waals surface area contributed by atoms with Crippen LogP contribution in [0.25, 0.3) is 0 Å². The molecule has 1 heteroatoms. The number of hydrogen-bond acceptors (Lipinski definition) is 1. The van der Waals surface area contributed by atoms with Gasteiger partial charge in [0.1, 0.15) is 0 Å². The summed E-state index contributed by atoms with van der Waals surface area (Å²) in [4.78, 5) is 4.32. The minimum atomic E-state index is 0.613. The number of allylic oxidation sites excluding steroid dienone is 2. The smallest absolute Gasteiger partial charge is 0.0372 e. The Labute approximate surface area is 79.5 Å². The van der Waals surface area contributed by atoms with Gasteiger partial charge in [-0.15, -0.1) is 0 Å². The number of nitrogens with zero attached hydrogens (tertiary/aromatic N) is 1. The number of rotatable bonds is 1. The lowest BCUT2D eigenvalue weighted by Gasteiger charge is -2.16. The van der Waals surface area contributed by atoms with Crippen LogP contribution in [0.3, 0.4) is 0 Å². The second kappa shape index (κ2) is 3.73. The Morgan fingerprint density at radius 2 is 2.31 bits per heavy atom. The average molecular weight is 173 g/mol. The predicted octanol–water partition coefficient (Wildman–Crippen LogP) is 3.21. The molecule has 0 amide bonds. The van der Waals surface area contributed by atoms with Crippen molar-refractivity contribution in [2.45, 2.75) is 32.1 Å². The summed E-state index contributed by atoms with van der Waals surface area (Å²) >= 11 is 0. The first-order chi connectivity index (χ1) is 6.36. The number of pyridine rings is 1. The van der Waals surface area contributed by atoms with Gasteiger partial charge < -0.3 is 0 Å². The van der Waals surface area contributed by atoms with Crippen LogP contribution in [0.15, 0.2) is 30.5 Å². The molecule has 0 spiro atoms. The summed E-state index contributed by atoms with van der Waals surface area (Å²) in [5.41, 5.74) is 2.46. The molecule has 1 heterocycles. The second-order valence-electron chi connectivity index (χ2n) is 3.70. The van der Waals surface area contributed by atoms with Crippen molar-refractivity contribution in [3.05, 3.63) is 41.7 Å². The first-order valence-corrected chi connectivity index (χ1v) is 4.95. The first kappa shape index (κ1) is 8.49. The zero-order chi connectivity index (χ0) is 9.10. The fourth-order valence-corrected chi connectivity index (χ4v) is 1.79. The summed E-state index contributed by atoms with van der Waals surface area (Å²) in [7, 11) is 0. The van der Waals surface area contributed by atoms with Gasteiger partial charge in [0.25, 0.3) is 0 Å². The Hall–Kier alpha value is -1.11. The van der Waals surface area contributed by atoms with Gasteiger partial charge in [-0.3, -0.25) is 4.98 Å². The fourth-order valence-electron chi connectivity index (χ4n) is 1.79. The van der Waals surface area contributed by atoms with E-state index in [0.717, 1.165) is 5.69 Å². The van der Waals surface area contributed by atoms with E-state index < -0.39 is 0 Å². The Morgan fingerprint density at radius 1 is 1.38 bits per heavy atom. The summed E-state index contributed by atoms with van der Waals surface area (Å²) in [6, 6.07) is 4.29. The summed E-state index contributed by atoms with van der Waals surface area (Å²) in [6.45, 7) is 2.03. The van der Waals surface area contributed by atoms with Crippen LogP contribution in [0.1, 0.15) is 36.4 Å². The quantitative estimate of drug-likeness (QED) is 0.594. The molecule has 0 saturated carbocycles. The van der Waals surface area contributed by atoms with Crippen molar-refractivity contribution in [2.75, 3.05) is 0 Å². The first-order valence-electron chi connectivity index (χ1n) is 4.95. The molecule has 1 nitrogen and oxygen atoms in total. The summed E-state index contributed by atoms with van der Waals surface area (Å²) in [5, 5.41) is 0. The average Bonchev–Trinajstić information content (AvgIpc) is 2.20. The molecule has 1 aliphatic rings. The molecule has 68 valence electrons. The molecule has 0 radical (unpaired) electrons. The zero-order valence-electron chi connectivity index (χ0n) is 8.03. The van der Waals surface area contributed by atoms with E-state index in [2.05, 4.69) is 29.3 Å². The highest BCUT2D eigenvalue weighted by atomic mass is 14.7. The van der Waals surface area contributed by atoms with Crippen molar-refractivity contribution in [1.82, 2.24) is 4.98 Å². The van der Waals surface area contributed by atoms with Crippen LogP contribution in [0.2, 0.25) is 0 Å². The van der Waals surface area contributed by atoms with Crippen LogP contribution in [0.5, 0.6) is 0 Å². The molecule has 1 atom stereocenters. The molecular weight excluding hydrogens is 158 g/mol. The highest BCUT2D eigenvalue weighted by Gasteiger charge is 2.10. The maximum absolute atomic E-state index is 4.32. The second-order valence-corrected chi connectivity index (χ2v) is 3.70. The molecule has 2 rings (SSSR count). The van der Waals surface area contributed by atoms with Crippen molar-refractivity contribution in [3.8, 4) is 0 Å². The van der Waals surface area contributed by atoms with Gasteiger partial charge in [0, 0.05) is 17.8 Å². The lowest BCUT2D eigenvalue weighted by molar-refractivity contribution is 0.652. The zero-order valence-corrected chi connectivity index (χ0v) is 8.03. The highest BCUT2D eigenvalue weighted by molar-refractivity contribution is 5.23. The molecule has 1 unspecified atom stereocenters. The SMILES string of the molecule is Cc1ccc(C2C=CCCC2)cn1. The minimum Gasteiger partial charge on any atom is -0.261 e. The van der Waals surface area contributed by atoms with Crippen LogP contribution in [-0.2, 0) is 0 Å². The van der Waals surface area contributed by atoms with Crippen molar-refractivity contribution in [3.63, 3.8) is 0 Å². The molecule has 13 heavy (non-hydrogen) atoms. The van der Waals surface area contributed by atoms with Gasteiger partial charge in [-0.25, -0.2) is 0 Å². The van der Waals surface area contributed by atoms with Crippen LogP contribution in [0.4, 0.5) is 0 Å². The van der Waals surface area contributed by atoms with E-state index in [0.29, 0.717) is 5.92 Å². The maximum Gasteiger partial charge on any atom is 0.0372 e. The fraction of sp³-hybridized carbons (Fsp3) is 0.417. The summed E-state index contributed by atoms with van der Waals surface area (Å²) < 4.78 is 0. The van der Waals surface area contributed by atoms with Gasteiger partial charge in [-0.2, -0.15) is 0 Å². The van der Waals surface area contributed by atoms with Crippen LogP contribution in [0, 0.1) is 6.92 Å². The lowest BCUT2D eigenvalue weighted by atomic mass is 9.90. The number of hydrogen-bond donors (Lipinski definition) is 0. The van der Waals surface area contributed by atoms with E-state index in [9.17, 15) is 0 Å². The van der Waals surface area contributed by atoms with Crippen molar-refractivity contribution in [2.24, 2.45) is 0 Å². The van der Waals surface area contributed by atoms with Gasteiger partial charge in [0.15, 0.2) is 0 Å². The number of aryl methyl sites for hydroxylation is 1. The molecule has 0 saturated heterocycles. The standard InChI is InChI=1S/C12H15N/c1-10-7-8-12(9-13-10)11-5-3-2-4-6-11/h3,5,7-9,11H,2,4,6H2,1H3. The molecule has 0 N–H and O–H groups in total. The molecule has 0 bridgehead atoms. The van der Waals surface area contributed by atoms with Crippen molar-refractivity contribution < 1.29 is 0 Å². The monoisotopic (exact) mass is 173 g/mol. The van der Waals surface area contributed by atoms with Gasteiger partial charge in [-0.1, -0.05) is 18.2 Å². The molecule has 1 aliphatic carbocycles. The Balaban J connectivity index is 2.19. The van der Waals surface area contributed by atoms with Crippen LogP contribution in [-0.4, -0.2) is 4.98 Å². The van der Waals surface area contributed by atoms with Gasteiger partial charge in [-0.05, 0) is 37.8 Å². The van der Waals surface area contributed by atoms with E-state index >= 15 is 0 Å². The normalized spacial score (nSPS) is 21.8. The third-order valence-corrected chi connectivity index (χ3v) is 2.62. The van der Waals surface area contributed by atoms with E-state index in [1.165, 1.54) is 24.8 Å². The Morgan fingerprint density at radius 3 is 2.92 bits per heavy atom. The van der Waals surface area contributed by atoms with Gasteiger partial charge in [0.2, 0.25) is 0 Å². The van der Waals surface area contributed by atoms with Crippen LogP contribution < -0.4 is 0 Å². The van der Waals surface area contributed by atoms with Gasteiger partial charge in [0.05, 0.1) is 0 Å². The van der Waals surface area contributed by atoms with Crippen LogP contribution >= 0.6 is 0 Å².